The zero-order chi connectivity index (χ0) is 20.0. The lowest BCUT2D eigenvalue weighted by Gasteiger charge is -2.33. The monoisotopic (exact) mass is 385 g/mol. The quantitative estimate of drug-likeness (QED) is 0.524. The van der Waals surface area contributed by atoms with E-state index in [1.165, 1.54) is 0 Å². The third-order valence-corrected chi connectivity index (χ3v) is 5.18. The highest BCUT2D eigenvalue weighted by molar-refractivity contribution is 6.11. The SMILES string of the molecule is Cc1onc(-c2ccccc2)c1C(=O)N1CCN(C)c2nc3ccccc3nc21. The Morgan fingerprint density at radius 1 is 0.931 bits per heavy atom. The molecule has 2 aromatic carbocycles. The second-order valence-corrected chi connectivity index (χ2v) is 7.07. The highest BCUT2D eigenvalue weighted by atomic mass is 16.5. The molecule has 0 bridgehead atoms. The lowest BCUT2D eigenvalue weighted by Crippen LogP contribution is -2.44. The topological polar surface area (TPSA) is 75.4 Å². The Kier molecular flexibility index (Phi) is 4.01. The third kappa shape index (κ3) is 2.82. The molecule has 1 aliphatic rings. The molecule has 144 valence electrons. The molecular weight excluding hydrogens is 366 g/mol. The van der Waals surface area contributed by atoms with Crippen molar-refractivity contribution in [3.63, 3.8) is 0 Å². The lowest BCUT2D eigenvalue weighted by molar-refractivity contribution is 0.0985. The summed E-state index contributed by atoms with van der Waals surface area (Å²) in [6, 6.07) is 17.3. The molecule has 0 N–H and O–H groups in total. The molecule has 0 saturated carbocycles. The maximum atomic E-state index is 13.6. The van der Waals surface area contributed by atoms with Crippen molar-refractivity contribution in [2.75, 3.05) is 29.9 Å². The molecule has 7 nitrogen and oxygen atoms in total. The minimum absolute atomic E-state index is 0.179. The van der Waals surface area contributed by atoms with Crippen LogP contribution in [0.15, 0.2) is 59.1 Å². The van der Waals surface area contributed by atoms with Gasteiger partial charge >= 0.3 is 0 Å². The van der Waals surface area contributed by atoms with Crippen LogP contribution in [-0.4, -0.2) is 41.2 Å². The highest BCUT2D eigenvalue weighted by Gasteiger charge is 2.33. The number of fused-ring (bicyclic) bond motifs is 2. The predicted molar refractivity (Wildman–Crippen MR) is 111 cm³/mol. The fraction of sp³-hybridized carbons (Fsp3) is 0.182. The summed E-state index contributed by atoms with van der Waals surface area (Å²) < 4.78 is 5.40. The van der Waals surface area contributed by atoms with E-state index < -0.39 is 0 Å². The Morgan fingerprint density at radius 2 is 1.59 bits per heavy atom. The average molecular weight is 385 g/mol. The molecule has 0 aliphatic carbocycles. The van der Waals surface area contributed by atoms with Crippen LogP contribution in [0, 0.1) is 6.92 Å². The van der Waals surface area contributed by atoms with Crippen LogP contribution in [-0.2, 0) is 0 Å². The summed E-state index contributed by atoms with van der Waals surface area (Å²) >= 11 is 0. The Labute approximate surface area is 167 Å². The van der Waals surface area contributed by atoms with Crippen LogP contribution in [0.4, 0.5) is 11.6 Å². The number of hydrogen-bond acceptors (Lipinski definition) is 6. The summed E-state index contributed by atoms with van der Waals surface area (Å²) in [5, 5.41) is 4.15. The fourth-order valence-electron chi connectivity index (χ4n) is 3.63. The molecule has 7 heteroatoms. The number of amides is 1. The number of hydrogen-bond donors (Lipinski definition) is 0. The molecule has 1 amide bonds. The van der Waals surface area contributed by atoms with E-state index in [4.69, 9.17) is 14.5 Å². The first-order valence-corrected chi connectivity index (χ1v) is 9.45. The second kappa shape index (κ2) is 6.70. The summed E-state index contributed by atoms with van der Waals surface area (Å²) in [7, 11) is 1.96. The fourth-order valence-corrected chi connectivity index (χ4v) is 3.63. The molecule has 0 radical (unpaired) electrons. The van der Waals surface area contributed by atoms with Crippen molar-refractivity contribution in [1.82, 2.24) is 15.1 Å². The summed E-state index contributed by atoms with van der Waals surface area (Å²) in [5.41, 5.74) is 3.40. The predicted octanol–water partition coefficient (Wildman–Crippen LogP) is 3.69. The van der Waals surface area contributed by atoms with E-state index in [-0.39, 0.29) is 5.91 Å². The number of para-hydroxylation sites is 2. The van der Waals surface area contributed by atoms with E-state index in [0.717, 1.165) is 16.6 Å². The summed E-state index contributed by atoms with van der Waals surface area (Å²) in [6.45, 7) is 2.93. The van der Waals surface area contributed by atoms with Gasteiger partial charge in [0.25, 0.3) is 5.91 Å². The first-order chi connectivity index (χ1) is 14.1. The van der Waals surface area contributed by atoms with E-state index in [1.807, 2.05) is 66.5 Å². The Morgan fingerprint density at radius 3 is 2.31 bits per heavy atom. The van der Waals surface area contributed by atoms with Crippen molar-refractivity contribution in [2.45, 2.75) is 6.92 Å². The molecular formula is C22H19N5O2. The van der Waals surface area contributed by atoms with Crippen LogP contribution in [0.3, 0.4) is 0 Å². The largest absolute Gasteiger partial charge is 0.360 e. The number of carbonyl (C=O) groups excluding carboxylic acids is 1. The lowest BCUT2D eigenvalue weighted by atomic mass is 10.0. The first kappa shape index (κ1) is 17.4. The van der Waals surface area contributed by atoms with Gasteiger partial charge in [-0.05, 0) is 19.1 Å². The van der Waals surface area contributed by atoms with Gasteiger partial charge in [-0.25, -0.2) is 9.97 Å². The first-order valence-electron chi connectivity index (χ1n) is 9.45. The highest BCUT2D eigenvalue weighted by Crippen LogP contribution is 2.34. The van der Waals surface area contributed by atoms with Crippen molar-refractivity contribution < 1.29 is 9.32 Å². The number of anilines is 2. The normalized spacial score (nSPS) is 13.6. The zero-order valence-electron chi connectivity index (χ0n) is 16.2. The van der Waals surface area contributed by atoms with Crippen LogP contribution in [0.25, 0.3) is 22.3 Å². The third-order valence-electron chi connectivity index (χ3n) is 5.18. The van der Waals surface area contributed by atoms with Crippen molar-refractivity contribution in [3.8, 4) is 11.3 Å². The van der Waals surface area contributed by atoms with E-state index in [0.29, 0.717) is 41.7 Å². The van der Waals surface area contributed by atoms with Gasteiger partial charge in [-0.2, -0.15) is 0 Å². The molecule has 0 unspecified atom stereocenters. The maximum Gasteiger partial charge on any atom is 0.265 e. The number of nitrogens with zero attached hydrogens (tertiary/aromatic N) is 5. The molecule has 0 atom stereocenters. The molecule has 0 saturated heterocycles. The second-order valence-electron chi connectivity index (χ2n) is 7.07. The van der Waals surface area contributed by atoms with Gasteiger partial charge in [-0.15, -0.1) is 0 Å². The Balaban J connectivity index is 1.63. The van der Waals surface area contributed by atoms with Gasteiger partial charge in [0.1, 0.15) is 17.0 Å². The maximum absolute atomic E-state index is 13.6. The van der Waals surface area contributed by atoms with Gasteiger partial charge in [0.15, 0.2) is 11.6 Å². The van der Waals surface area contributed by atoms with Crippen LogP contribution in [0.5, 0.6) is 0 Å². The smallest absolute Gasteiger partial charge is 0.265 e. The van der Waals surface area contributed by atoms with Crippen LogP contribution in [0.2, 0.25) is 0 Å². The van der Waals surface area contributed by atoms with E-state index in [1.54, 1.807) is 11.8 Å². The Bertz CT molecular complexity index is 1220. The molecule has 29 heavy (non-hydrogen) atoms. The van der Waals surface area contributed by atoms with Crippen LogP contribution < -0.4 is 9.80 Å². The van der Waals surface area contributed by atoms with Gasteiger partial charge < -0.3 is 9.42 Å². The van der Waals surface area contributed by atoms with Gasteiger partial charge in [-0.3, -0.25) is 9.69 Å². The van der Waals surface area contributed by atoms with Gasteiger partial charge in [0.05, 0.1) is 11.0 Å². The molecule has 3 heterocycles. The number of benzene rings is 2. The number of likely N-dealkylation sites (N-methyl/N-ethyl adjacent to an activating group) is 1. The summed E-state index contributed by atoms with van der Waals surface area (Å²) in [4.78, 5) is 26.8. The minimum atomic E-state index is -0.179. The summed E-state index contributed by atoms with van der Waals surface area (Å²) in [5.74, 6) is 1.56. The standard InChI is InChI=1S/C22H19N5O2/c1-14-18(19(25-29-14)15-8-4-3-5-9-15)22(28)27-13-12-26(2)20-21(27)24-17-11-7-6-10-16(17)23-20/h3-11H,12-13H2,1-2H3. The summed E-state index contributed by atoms with van der Waals surface area (Å²) in [6.07, 6.45) is 0. The van der Waals surface area contributed by atoms with E-state index >= 15 is 0 Å². The molecule has 4 aromatic rings. The van der Waals surface area contributed by atoms with Crippen LogP contribution >= 0.6 is 0 Å². The number of carbonyl (C=O) groups is 1. The Hall–Kier alpha value is -3.74. The van der Waals surface area contributed by atoms with Crippen molar-refractivity contribution in [1.29, 1.82) is 0 Å². The van der Waals surface area contributed by atoms with Crippen molar-refractivity contribution in [2.24, 2.45) is 0 Å². The molecule has 5 rings (SSSR count). The molecule has 1 aliphatic heterocycles. The minimum Gasteiger partial charge on any atom is -0.360 e. The zero-order valence-corrected chi connectivity index (χ0v) is 16.2. The van der Waals surface area contributed by atoms with Crippen LogP contribution in [0.1, 0.15) is 16.1 Å². The molecule has 0 fully saturated rings. The number of rotatable bonds is 2. The number of aryl methyl sites for hydroxylation is 1. The van der Waals surface area contributed by atoms with Gasteiger partial charge in [-0.1, -0.05) is 47.6 Å². The average Bonchev–Trinajstić information content (AvgIpc) is 3.14. The molecule has 2 aromatic heterocycles. The van der Waals surface area contributed by atoms with Crippen molar-refractivity contribution >= 4 is 28.6 Å². The molecule has 0 spiro atoms. The van der Waals surface area contributed by atoms with Crippen molar-refractivity contribution in [3.05, 3.63) is 65.9 Å². The van der Waals surface area contributed by atoms with E-state index in [2.05, 4.69) is 5.16 Å². The van der Waals surface area contributed by atoms with E-state index in [9.17, 15) is 4.79 Å². The van der Waals surface area contributed by atoms with Gasteiger partial charge in [0.2, 0.25) is 0 Å². The van der Waals surface area contributed by atoms with Gasteiger partial charge in [0, 0.05) is 25.7 Å². The number of aromatic nitrogens is 3.